The Labute approximate surface area is 181 Å². The van der Waals surface area contributed by atoms with Gasteiger partial charge in [0.15, 0.2) is 5.65 Å². The molecular weight excluding hydrogens is 394 g/mol. The molecule has 2 N–H and O–H groups in total. The number of ether oxygens (including phenoxy) is 2. The zero-order valence-electron chi connectivity index (χ0n) is 18.5. The monoisotopic (exact) mass is 421 g/mol. The number of carbonyl (C=O) groups is 1. The molecule has 1 atom stereocenters. The van der Waals surface area contributed by atoms with Crippen molar-refractivity contribution in [1.82, 2.24) is 14.6 Å². The van der Waals surface area contributed by atoms with Gasteiger partial charge in [-0.3, -0.25) is 0 Å². The van der Waals surface area contributed by atoms with E-state index in [0.717, 1.165) is 28.3 Å². The topological polar surface area (TPSA) is 116 Å². The van der Waals surface area contributed by atoms with Crippen LogP contribution in [0.1, 0.15) is 44.1 Å². The molecule has 1 amide bonds. The largest absolute Gasteiger partial charge is 0.488 e. The SMILES string of the molecule is Cc1cc(-c2ccc(OC[C@](C)(CC(C)C)OC(N)=O)c(C#N)c2)n2nc(C)cc2n1. The van der Waals surface area contributed by atoms with Crippen molar-refractivity contribution < 1.29 is 14.3 Å². The van der Waals surface area contributed by atoms with E-state index in [1.165, 1.54) is 0 Å². The van der Waals surface area contributed by atoms with Gasteiger partial charge in [0.25, 0.3) is 0 Å². The first-order valence-corrected chi connectivity index (χ1v) is 10.1. The van der Waals surface area contributed by atoms with Crippen molar-refractivity contribution in [2.45, 2.75) is 46.6 Å². The van der Waals surface area contributed by atoms with Crippen molar-refractivity contribution >= 4 is 11.7 Å². The second kappa shape index (κ2) is 8.64. The fraction of sp³-hybridized carbons (Fsp3) is 0.391. The third-order valence-corrected chi connectivity index (χ3v) is 4.79. The van der Waals surface area contributed by atoms with Crippen LogP contribution in [0.2, 0.25) is 0 Å². The normalized spacial score (nSPS) is 13.1. The van der Waals surface area contributed by atoms with Gasteiger partial charge < -0.3 is 15.2 Å². The summed E-state index contributed by atoms with van der Waals surface area (Å²) >= 11 is 0. The van der Waals surface area contributed by atoms with Gasteiger partial charge in [-0.25, -0.2) is 14.3 Å². The molecule has 2 heterocycles. The Morgan fingerprint density at radius 1 is 1.26 bits per heavy atom. The summed E-state index contributed by atoms with van der Waals surface area (Å²) in [5.74, 6) is 0.675. The molecule has 0 saturated heterocycles. The van der Waals surface area contributed by atoms with Crippen molar-refractivity contribution in [2.75, 3.05) is 6.61 Å². The molecule has 3 aromatic rings. The molecule has 0 aliphatic carbocycles. The van der Waals surface area contributed by atoms with Gasteiger partial charge in [-0.15, -0.1) is 0 Å². The molecule has 162 valence electrons. The highest BCUT2D eigenvalue weighted by Crippen LogP contribution is 2.29. The van der Waals surface area contributed by atoms with Crippen molar-refractivity contribution in [2.24, 2.45) is 11.7 Å². The Morgan fingerprint density at radius 3 is 2.65 bits per heavy atom. The van der Waals surface area contributed by atoms with Gasteiger partial charge in [0.2, 0.25) is 0 Å². The molecule has 0 bridgehead atoms. The maximum absolute atomic E-state index is 11.3. The Bertz CT molecular complexity index is 1160. The lowest BCUT2D eigenvalue weighted by Gasteiger charge is -2.30. The molecule has 0 saturated carbocycles. The van der Waals surface area contributed by atoms with E-state index in [-0.39, 0.29) is 12.5 Å². The summed E-state index contributed by atoms with van der Waals surface area (Å²) in [7, 11) is 0. The van der Waals surface area contributed by atoms with Gasteiger partial charge in [-0.05, 0) is 57.4 Å². The van der Waals surface area contributed by atoms with E-state index in [1.54, 1.807) is 23.6 Å². The lowest BCUT2D eigenvalue weighted by molar-refractivity contribution is -0.0186. The molecule has 0 unspecified atom stereocenters. The molecule has 3 rings (SSSR count). The second-order valence-corrected chi connectivity index (χ2v) is 8.42. The summed E-state index contributed by atoms with van der Waals surface area (Å²) in [6.07, 6.45) is -0.280. The predicted octanol–water partition coefficient (Wildman–Crippen LogP) is 4.16. The minimum absolute atomic E-state index is 0.0824. The average Bonchev–Trinajstić information content (AvgIpc) is 3.04. The number of nitrogens with two attached hydrogens (primary N) is 1. The summed E-state index contributed by atoms with van der Waals surface area (Å²) in [6, 6.07) is 11.4. The summed E-state index contributed by atoms with van der Waals surface area (Å²) in [5.41, 5.74) is 8.83. The molecule has 2 aromatic heterocycles. The Balaban J connectivity index is 1.92. The van der Waals surface area contributed by atoms with E-state index in [0.29, 0.717) is 17.7 Å². The zero-order chi connectivity index (χ0) is 22.8. The van der Waals surface area contributed by atoms with Crippen molar-refractivity contribution in [1.29, 1.82) is 5.26 Å². The predicted molar refractivity (Wildman–Crippen MR) is 117 cm³/mol. The molecule has 0 aliphatic rings. The number of fused-ring (bicyclic) bond motifs is 1. The number of primary amides is 1. The first-order valence-electron chi connectivity index (χ1n) is 10.1. The summed E-state index contributed by atoms with van der Waals surface area (Å²) < 4.78 is 13.0. The minimum atomic E-state index is -0.896. The lowest BCUT2D eigenvalue weighted by atomic mass is 9.95. The van der Waals surface area contributed by atoms with E-state index in [4.69, 9.17) is 15.2 Å². The number of benzene rings is 1. The van der Waals surface area contributed by atoms with Crippen molar-refractivity contribution in [3.63, 3.8) is 0 Å². The number of carbonyl (C=O) groups excluding carboxylic acids is 1. The fourth-order valence-electron chi connectivity index (χ4n) is 3.79. The van der Waals surface area contributed by atoms with Crippen LogP contribution in [0.15, 0.2) is 30.3 Å². The molecule has 0 radical (unpaired) electrons. The van der Waals surface area contributed by atoms with E-state index in [1.807, 2.05) is 45.9 Å². The molecular formula is C23H27N5O3. The average molecular weight is 422 g/mol. The smallest absolute Gasteiger partial charge is 0.405 e. The highest BCUT2D eigenvalue weighted by Gasteiger charge is 2.31. The number of aryl methyl sites for hydroxylation is 2. The van der Waals surface area contributed by atoms with Crippen molar-refractivity contribution in [3.05, 3.63) is 47.3 Å². The molecule has 0 fully saturated rings. The summed E-state index contributed by atoms with van der Waals surface area (Å²) in [5, 5.41) is 14.2. The van der Waals surface area contributed by atoms with Crippen LogP contribution in [0.4, 0.5) is 4.79 Å². The standard InChI is InChI=1S/C23H27N5O3/c1-14(2)11-23(5,31-22(25)29)13-30-20-7-6-17(10-18(20)12-24)19-8-15(3)26-21-9-16(4)27-28(19)21/h6-10,14H,11,13H2,1-5H3,(H2,25,29)/t23-/m0/s1. The number of hydrogen-bond donors (Lipinski definition) is 1. The van der Waals surface area contributed by atoms with Gasteiger partial charge in [-0.2, -0.15) is 10.4 Å². The number of hydrogen-bond acceptors (Lipinski definition) is 6. The molecule has 1 aromatic carbocycles. The molecule has 31 heavy (non-hydrogen) atoms. The summed E-state index contributed by atoms with van der Waals surface area (Å²) in [6.45, 7) is 9.73. The Morgan fingerprint density at radius 2 is 2.00 bits per heavy atom. The number of aromatic nitrogens is 3. The second-order valence-electron chi connectivity index (χ2n) is 8.42. The molecule has 8 heteroatoms. The zero-order valence-corrected chi connectivity index (χ0v) is 18.5. The van der Waals surface area contributed by atoms with Gasteiger partial charge in [0, 0.05) is 17.3 Å². The van der Waals surface area contributed by atoms with Gasteiger partial charge >= 0.3 is 6.09 Å². The van der Waals surface area contributed by atoms with E-state index in [9.17, 15) is 10.1 Å². The van der Waals surface area contributed by atoms with Gasteiger partial charge in [-0.1, -0.05) is 13.8 Å². The Kier molecular flexibility index (Phi) is 6.16. The van der Waals surface area contributed by atoms with Crippen LogP contribution in [0.5, 0.6) is 5.75 Å². The van der Waals surface area contributed by atoms with Gasteiger partial charge in [0.05, 0.1) is 17.0 Å². The number of rotatable bonds is 7. The highest BCUT2D eigenvalue weighted by molar-refractivity contribution is 5.67. The van der Waals surface area contributed by atoms with E-state index < -0.39 is 11.7 Å². The van der Waals surface area contributed by atoms with Crippen molar-refractivity contribution in [3.8, 4) is 23.1 Å². The van der Waals surface area contributed by atoms with E-state index in [2.05, 4.69) is 16.2 Å². The fourth-order valence-corrected chi connectivity index (χ4v) is 3.79. The Hall–Kier alpha value is -3.60. The van der Waals surface area contributed by atoms with Crippen LogP contribution < -0.4 is 10.5 Å². The minimum Gasteiger partial charge on any atom is -0.488 e. The maximum atomic E-state index is 11.3. The van der Waals surface area contributed by atoms with Crippen LogP contribution in [0.3, 0.4) is 0 Å². The first kappa shape index (κ1) is 22.1. The van der Waals surface area contributed by atoms with E-state index >= 15 is 0 Å². The van der Waals surface area contributed by atoms with Gasteiger partial charge in [0.1, 0.15) is 24.0 Å². The first-order chi connectivity index (χ1) is 14.6. The summed E-state index contributed by atoms with van der Waals surface area (Å²) in [4.78, 5) is 15.9. The molecule has 0 aliphatic heterocycles. The number of nitriles is 1. The molecule has 0 spiro atoms. The molecule has 8 nitrogen and oxygen atoms in total. The maximum Gasteiger partial charge on any atom is 0.405 e. The van der Waals surface area contributed by atoms with Crippen LogP contribution in [0, 0.1) is 31.1 Å². The van der Waals surface area contributed by atoms with Crippen LogP contribution in [-0.2, 0) is 4.74 Å². The van der Waals surface area contributed by atoms with Crippen LogP contribution in [0.25, 0.3) is 16.9 Å². The highest BCUT2D eigenvalue weighted by atomic mass is 16.6. The number of nitrogens with zero attached hydrogens (tertiary/aromatic N) is 4. The third-order valence-electron chi connectivity index (χ3n) is 4.79. The van der Waals surface area contributed by atoms with Crippen LogP contribution >= 0.6 is 0 Å². The third kappa shape index (κ3) is 5.12. The lowest BCUT2D eigenvalue weighted by Crippen LogP contribution is -2.41. The number of amides is 1. The quantitative estimate of drug-likeness (QED) is 0.612. The van der Waals surface area contributed by atoms with Crippen LogP contribution in [-0.4, -0.2) is 32.9 Å².